The Hall–Kier alpha value is -3.25. The number of H-pyrrole nitrogens is 1. The van der Waals surface area contributed by atoms with E-state index in [1.807, 2.05) is 53.6 Å². The number of carbonyl (C=O) groups excluding carboxylic acids is 1. The smallest absolute Gasteiger partial charge is 0.258 e. The van der Waals surface area contributed by atoms with Crippen molar-refractivity contribution >= 4 is 44.1 Å². The number of carbonyl (C=O) groups is 1. The number of para-hydroxylation sites is 2. The first kappa shape index (κ1) is 23.5. The summed E-state index contributed by atoms with van der Waals surface area (Å²) in [5.41, 5.74) is 5.72. The Morgan fingerprint density at radius 1 is 1.09 bits per heavy atom. The molecular formula is C29H30BrN3O2. The highest BCUT2D eigenvalue weighted by Crippen LogP contribution is 2.35. The number of unbranched alkanes of at least 4 members (excludes halogenated alkanes) is 1. The summed E-state index contributed by atoms with van der Waals surface area (Å²) in [6, 6.07) is 22.6. The number of anilines is 2. The zero-order valence-electron chi connectivity index (χ0n) is 19.9. The zero-order valence-corrected chi connectivity index (χ0v) is 21.5. The fourth-order valence-electron chi connectivity index (χ4n) is 4.59. The monoisotopic (exact) mass is 531 g/mol. The number of halogens is 1. The van der Waals surface area contributed by atoms with Crippen LogP contribution in [0.25, 0.3) is 22.0 Å². The summed E-state index contributed by atoms with van der Waals surface area (Å²) in [7, 11) is 0. The Kier molecular flexibility index (Phi) is 7.09. The standard InChI is InChI=1S/C29H30BrN3O2/c1-20-13-16-33(27-7-3-2-6-26(27)32-20)29(34)23-8-10-24(28(19-23)35-17-5-4-14-30)21-9-11-25-22(18-21)12-15-31-25/h2-3,6-12,15,18-20,31-32H,4-5,13-14,16-17H2,1H3/t20-/m0/s1. The summed E-state index contributed by atoms with van der Waals surface area (Å²) >= 11 is 3.49. The van der Waals surface area contributed by atoms with E-state index in [0.29, 0.717) is 24.8 Å². The Bertz CT molecular complexity index is 1330. The lowest BCUT2D eigenvalue weighted by Crippen LogP contribution is -2.32. The summed E-state index contributed by atoms with van der Waals surface area (Å²) in [4.78, 5) is 18.9. The molecule has 6 heteroatoms. The summed E-state index contributed by atoms with van der Waals surface area (Å²) in [6.07, 6.45) is 4.81. The predicted octanol–water partition coefficient (Wildman–Crippen LogP) is 7.24. The number of alkyl halides is 1. The average Bonchev–Trinajstić information content (AvgIpc) is 3.28. The quantitative estimate of drug-likeness (QED) is 0.195. The van der Waals surface area contributed by atoms with E-state index in [1.54, 1.807) is 0 Å². The molecule has 0 bridgehead atoms. The molecule has 1 atom stereocenters. The summed E-state index contributed by atoms with van der Waals surface area (Å²) in [5, 5.41) is 5.63. The second-order valence-corrected chi connectivity index (χ2v) is 9.84. The van der Waals surface area contributed by atoms with Crippen molar-refractivity contribution in [3.05, 3.63) is 78.5 Å². The molecule has 1 aromatic heterocycles. The Balaban J connectivity index is 1.50. The SMILES string of the molecule is C[C@H]1CCN(C(=O)c2ccc(-c3ccc4[nH]ccc4c3)c(OCCCCBr)c2)c2ccccc2N1. The van der Waals surface area contributed by atoms with Gasteiger partial charge in [-0.1, -0.05) is 34.1 Å². The minimum absolute atomic E-state index is 0.00806. The number of rotatable bonds is 7. The average molecular weight is 532 g/mol. The number of nitrogens with zero attached hydrogens (tertiary/aromatic N) is 1. The summed E-state index contributed by atoms with van der Waals surface area (Å²) < 4.78 is 6.26. The number of fused-ring (bicyclic) bond motifs is 2. The maximum Gasteiger partial charge on any atom is 0.258 e. The molecule has 4 aromatic rings. The predicted molar refractivity (Wildman–Crippen MR) is 148 cm³/mol. The highest BCUT2D eigenvalue weighted by Gasteiger charge is 2.25. The van der Waals surface area contributed by atoms with E-state index in [2.05, 4.69) is 57.4 Å². The van der Waals surface area contributed by atoms with Gasteiger partial charge in [0.15, 0.2) is 0 Å². The van der Waals surface area contributed by atoms with Crippen molar-refractivity contribution in [3.63, 3.8) is 0 Å². The lowest BCUT2D eigenvalue weighted by molar-refractivity contribution is 0.0986. The van der Waals surface area contributed by atoms with E-state index in [9.17, 15) is 4.79 Å². The van der Waals surface area contributed by atoms with E-state index >= 15 is 0 Å². The van der Waals surface area contributed by atoms with Crippen LogP contribution in [0.2, 0.25) is 0 Å². The van der Waals surface area contributed by atoms with Crippen LogP contribution in [0.5, 0.6) is 5.75 Å². The van der Waals surface area contributed by atoms with Gasteiger partial charge in [0, 0.05) is 40.8 Å². The minimum atomic E-state index is -0.00806. The fourth-order valence-corrected chi connectivity index (χ4v) is 4.99. The maximum atomic E-state index is 13.8. The highest BCUT2D eigenvalue weighted by molar-refractivity contribution is 9.09. The molecule has 5 rings (SSSR count). The first-order chi connectivity index (χ1) is 17.1. The third-order valence-corrected chi connectivity index (χ3v) is 7.07. The van der Waals surface area contributed by atoms with Gasteiger partial charge in [0.2, 0.25) is 0 Å². The number of aromatic nitrogens is 1. The van der Waals surface area contributed by atoms with Crippen LogP contribution in [0.1, 0.15) is 36.5 Å². The fraction of sp³-hybridized carbons (Fsp3) is 0.276. The largest absolute Gasteiger partial charge is 0.493 e. The summed E-state index contributed by atoms with van der Waals surface area (Å²) in [5.74, 6) is 0.737. The van der Waals surface area contributed by atoms with Gasteiger partial charge in [-0.05, 0) is 85.7 Å². The van der Waals surface area contributed by atoms with Crippen molar-refractivity contribution < 1.29 is 9.53 Å². The van der Waals surface area contributed by atoms with Crippen molar-refractivity contribution in [2.75, 3.05) is 28.7 Å². The van der Waals surface area contributed by atoms with Crippen LogP contribution in [0.15, 0.2) is 72.9 Å². The number of benzene rings is 3. The number of aromatic amines is 1. The third-order valence-electron chi connectivity index (χ3n) is 6.51. The minimum Gasteiger partial charge on any atom is -0.493 e. The molecule has 0 saturated carbocycles. The summed E-state index contributed by atoms with van der Waals surface area (Å²) in [6.45, 7) is 3.42. The van der Waals surface area contributed by atoms with Crippen molar-refractivity contribution in [2.45, 2.75) is 32.2 Å². The molecule has 0 spiro atoms. The van der Waals surface area contributed by atoms with Crippen molar-refractivity contribution in [1.29, 1.82) is 0 Å². The van der Waals surface area contributed by atoms with Crippen molar-refractivity contribution in [1.82, 2.24) is 4.98 Å². The van der Waals surface area contributed by atoms with Gasteiger partial charge >= 0.3 is 0 Å². The molecule has 2 N–H and O–H groups in total. The normalized spacial score (nSPS) is 15.4. The number of ether oxygens (including phenoxy) is 1. The Labute approximate surface area is 214 Å². The van der Waals surface area contributed by atoms with Crippen LogP contribution < -0.4 is 15.0 Å². The molecule has 0 fully saturated rings. The van der Waals surface area contributed by atoms with Gasteiger partial charge in [-0.3, -0.25) is 4.79 Å². The van der Waals surface area contributed by atoms with Crippen LogP contribution >= 0.6 is 15.9 Å². The molecule has 1 amide bonds. The van der Waals surface area contributed by atoms with Gasteiger partial charge in [-0.2, -0.15) is 0 Å². The molecule has 0 radical (unpaired) electrons. The first-order valence-electron chi connectivity index (χ1n) is 12.2. The van der Waals surface area contributed by atoms with Crippen LogP contribution in [-0.2, 0) is 0 Å². The highest BCUT2D eigenvalue weighted by atomic mass is 79.9. The van der Waals surface area contributed by atoms with Gasteiger partial charge in [0.25, 0.3) is 5.91 Å². The van der Waals surface area contributed by atoms with E-state index in [-0.39, 0.29) is 5.91 Å². The van der Waals surface area contributed by atoms with E-state index in [4.69, 9.17) is 4.74 Å². The molecule has 1 aliphatic heterocycles. The molecular weight excluding hydrogens is 502 g/mol. The van der Waals surface area contributed by atoms with Crippen molar-refractivity contribution in [2.24, 2.45) is 0 Å². The van der Waals surface area contributed by atoms with Gasteiger partial charge in [0.1, 0.15) is 5.75 Å². The molecule has 0 saturated heterocycles. The number of amides is 1. The molecule has 180 valence electrons. The molecule has 5 nitrogen and oxygen atoms in total. The lowest BCUT2D eigenvalue weighted by atomic mass is 10.0. The maximum absolute atomic E-state index is 13.8. The van der Waals surface area contributed by atoms with Crippen LogP contribution in [0.4, 0.5) is 11.4 Å². The van der Waals surface area contributed by atoms with E-state index < -0.39 is 0 Å². The number of hydrogen-bond acceptors (Lipinski definition) is 3. The molecule has 2 heterocycles. The second kappa shape index (κ2) is 10.6. The third kappa shape index (κ3) is 5.08. The van der Waals surface area contributed by atoms with Crippen LogP contribution in [-0.4, -0.2) is 35.4 Å². The lowest BCUT2D eigenvalue weighted by Gasteiger charge is -2.23. The van der Waals surface area contributed by atoms with Gasteiger partial charge < -0.3 is 19.9 Å². The van der Waals surface area contributed by atoms with Crippen LogP contribution in [0, 0.1) is 0 Å². The first-order valence-corrected chi connectivity index (χ1v) is 13.3. The second-order valence-electron chi connectivity index (χ2n) is 9.04. The van der Waals surface area contributed by atoms with Gasteiger partial charge in [-0.15, -0.1) is 0 Å². The van der Waals surface area contributed by atoms with Gasteiger partial charge in [0.05, 0.1) is 18.0 Å². The Morgan fingerprint density at radius 2 is 1.97 bits per heavy atom. The van der Waals surface area contributed by atoms with Crippen molar-refractivity contribution in [3.8, 4) is 16.9 Å². The Morgan fingerprint density at radius 3 is 2.86 bits per heavy atom. The van der Waals surface area contributed by atoms with Gasteiger partial charge in [-0.25, -0.2) is 0 Å². The number of nitrogens with one attached hydrogen (secondary N) is 2. The number of hydrogen-bond donors (Lipinski definition) is 2. The van der Waals surface area contributed by atoms with E-state index in [0.717, 1.165) is 63.7 Å². The molecule has 35 heavy (non-hydrogen) atoms. The molecule has 0 aliphatic carbocycles. The molecule has 1 aliphatic rings. The van der Waals surface area contributed by atoms with Crippen LogP contribution in [0.3, 0.4) is 0 Å². The zero-order chi connectivity index (χ0) is 24.2. The molecule has 3 aromatic carbocycles. The molecule has 0 unspecified atom stereocenters. The van der Waals surface area contributed by atoms with E-state index in [1.165, 1.54) is 0 Å². The topological polar surface area (TPSA) is 57.4 Å².